The van der Waals surface area contributed by atoms with E-state index in [4.69, 9.17) is 11.6 Å². The number of benzene rings is 1. The Hall–Kier alpha value is -0.580. The first-order valence-electron chi connectivity index (χ1n) is 5.19. The summed E-state index contributed by atoms with van der Waals surface area (Å²) in [7, 11) is -3.22. The van der Waals surface area contributed by atoms with Gasteiger partial charge in [0.1, 0.15) is 0 Å². The van der Waals surface area contributed by atoms with Crippen LogP contribution in [-0.4, -0.2) is 27.8 Å². The average Bonchev–Trinajstić information content (AvgIpc) is 2.68. The second-order valence-electron chi connectivity index (χ2n) is 4.15. The topological polar surface area (TPSA) is 46.2 Å². The van der Waals surface area contributed by atoms with Gasteiger partial charge in [-0.2, -0.15) is 0 Å². The predicted molar refractivity (Wildman–Crippen MR) is 64.8 cm³/mol. The van der Waals surface area contributed by atoms with Crippen molar-refractivity contribution in [2.24, 2.45) is 0 Å². The number of hydrogen-bond donors (Lipinski definition) is 1. The van der Waals surface area contributed by atoms with Gasteiger partial charge in [-0.1, -0.05) is 17.7 Å². The molecule has 1 aromatic carbocycles. The third-order valence-electron chi connectivity index (χ3n) is 2.89. The summed E-state index contributed by atoms with van der Waals surface area (Å²) < 4.78 is 22.8. The molecule has 1 aromatic rings. The summed E-state index contributed by atoms with van der Waals surface area (Å²) in [5.41, 5.74) is 1.11. The van der Waals surface area contributed by atoms with Gasteiger partial charge in [-0.25, -0.2) is 8.42 Å². The van der Waals surface area contributed by atoms with Crippen LogP contribution in [0.2, 0.25) is 5.02 Å². The molecule has 1 aliphatic rings. The van der Waals surface area contributed by atoms with E-state index in [0.717, 1.165) is 25.1 Å². The summed E-state index contributed by atoms with van der Waals surface area (Å²) in [4.78, 5) is 0.212. The second-order valence-corrected chi connectivity index (χ2v) is 6.54. The molecule has 3 nitrogen and oxygen atoms in total. The lowest BCUT2D eigenvalue weighted by atomic mass is 9.99. The molecule has 1 atom stereocenters. The predicted octanol–water partition coefficient (Wildman–Crippen LogP) is 1.82. The van der Waals surface area contributed by atoms with Crippen molar-refractivity contribution in [1.29, 1.82) is 0 Å². The summed E-state index contributed by atoms with van der Waals surface area (Å²) >= 11 is 5.99. The zero-order valence-electron chi connectivity index (χ0n) is 9.03. The van der Waals surface area contributed by atoms with Crippen molar-refractivity contribution in [3.63, 3.8) is 0 Å². The maximum absolute atomic E-state index is 11.4. The highest BCUT2D eigenvalue weighted by molar-refractivity contribution is 7.90. The molecule has 0 amide bonds. The summed E-state index contributed by atoms with van der Waals surface area (Å²) in [6.45, 7) is 1.95. The van der Waals surface area contributed by atoms with E-state index >= 15 is 0 Å². The summed E-state index contributed by atoms with van der Waals surface area (Å²) in [6, 6.07) is 5.24. The molecule has 1 unspecified atom stereocenters. The molecule has 1 N–H and O–H groups in total. The highest BCUT2D eigenvalue weighted by atomic mass is 35.5. The molecule has 88 valence electrons. The van der Waals surface area contributed by atoms with Gasteiger partial charge in [0.2, 0.25) is 0 Å². The third kappa shape index (κ3) is 2.39. The van der Waals surface area contributed by atoms with Gasteiger partial charge in [0, 0.05) is 12.8 Å². The minimum atomic E-state index is -3.22. The fourth-order valence-corrected chi connectivity index (χ4v) is 3.35. The van der Waals surface area contributed by atoms with Gasteiger partial charge < -0.3 is 5.32 Å². The number of rotatable bonds is 2. The van der Waals surface area contributed by atoms with Crippen LogP contribution in [0.4, 0.5) is 0 Å². The standard InChI is InChI=1S/C11H14ClNO2S/c1-16(14,15)11-3-2-8(6-10(11)12)9-4-5-13-7-9/h2-3,6,9,13H,4-5,7H2,1H3. The van der Waals surface area contributed by atoms with E-state index in [0.29, 0.717) is 10.9 Å². The van der Waals surface area contributed by atoms with E-state index in [2.05, 4.69) is 5.32 Å². The van der Waals surface area contributed by atoms with Crippen LogP contribution >= 0.6 is 11.6 Å². The quantitative estimate of drug-likeness (QED) is 0.881. The summed E-state index contributed by atoms with van der Waals surface area (Å²) in [6.07, 6.45) is 2.25. The Morgan fingerprint density at radius 1 is 1.44 bits per heavy atom. The smallest absolute Gasteiger partial charge is 0.176 e. The highest BCUT2D eigenvalue weighted by Gasteiger charge is 2.19. The molecule has 5 heteroatoms. The molecule has 0 bridgehead atoms. The van der Waals surface area contributed by atoms with Gasteiger partial charge in [-0.05, 0) is 36.6 Å². The van der Waals surface area contributed by atoms with Crippen LogP contribution in [0.1, 0.15) is 17.9 Å². The Balaban J connectivity index is 2.36. The zero-order chi connectivity index (χ0) is 11.8. The first-order valence-corrected chi connectivity index (χ1v) is 7.45. The van der Waals surface area contributed by atoms with Crippen LogP contribution in [-0.2, 0) is 9.84 Å². The third-order valence-corrected chi connectivity index (χ3v) is 4.47. The van der Waals surface area contributed by atoms with E-state index in [1.54, 1.807) is 12.1 Å². The molecular weight excluding hydrogens is 246 g/mol. The number of halogens is 1. The molecule has 2 rings (SSSR count). The van der Waals surface area contributed by atoms with Gasteiger partial charge in [0.15, 0.2) is 9.84 Å². The molecule has 1 saturated heterocycles. The second kappa shape index (κ2) is 4.35. The Morgan fingerprint density at radius 2 is 2.19 bits per heavy atom. The summed E-state index contributed by atoms with van der Waals surface area (Å²) in [5.74, 6) is 0.450. The molecule has 0 saturated carbocycles. The Bertz CT molecular complexity index is 493. The fraction of sp³-hybridized carbons (Fsp3) is 0.455. The fourth-order valence-electron chi connectivity index (χ4n) is 2.01. The van der Waals surface area contributed by atoms with Crippen LogP contribution in [0.25, 0.3) is 0 Å². The molecule has 1 fully saturated rings. The molecule has 16 heavy (non-hydrogen) atoms. The minimum absolute atomic E-state index is 0.212. The number of nitrogens with one attached hydrogen (secondary N) is 1. The van der Waals surface area contributed by atoms with Crippen molar-refractivity contribution in [2.75, 3.05) is 19.3 Å². The van der Waals surface area contributed by atoms with Gasteiger partial charge in [-0.15, -0.1) is 0 Å². The minimum Gasteiger partial charge on any atom is -0.316 e. The van der Waals surface area contributed by atoms with E-state index < -0.39 is 9.84 Å². The van der Waals surface area contributed by atoms with E-state index in [1.807, 2.05) is 6.07 Å². The molecule has 0 aromatic heterocycles. The SMILES string of the molecule is CS(=O)(=O)c1ccc(C2CCNC2)cc1Cl. The van der Waals surface area contributed by atoms with Crippen molar-refractivity contribution in [1.82, 2.24) is 5.32 Å². The Labute approximate surface area is 101 Å². The van der Waals surface area contributed by atoms with Crippen molar-refractivity contribution in [3.05, 3.63) is 28.8 Å². The van der Waals surface area contributed by atoms with Crippen LogP contribution in [0.5, 0.6) is 0 Å². The largest absolute Gasteiger partial charge is 0.316 e. The molecule has 1 heterocycles. The summed E-state index contributed by atoms with van der Waals surface area (Å²) in [5, 5.41) is 3.60. The van der Waals surface area contributed by atoms with Crippen LogP contribution in [0.3, 0.4) is 0 Å². The average molecular weight is 260 g/mol. The molecule has 0 radical (unpaired) electrons. The first-order chi connectivity index (χ1) is 7.48. The van der Waals surface area contributed by atoms with Crippen molar-refractivity contribution >= 4 is 21.4 Å². The lowest BCUT2D eigenvalue weighted by Crippen LogP contribution is -2.08. The van der Waals surface area contributed by atoms with Crippen LogP contribution in [0.15, 0.2) is 23.1 Å². The van der Waals surface area contributed by atoms with Crippen molar-refractivity contribution < 1.29 is 8.42 Å². The van der Waals surface area contributed by atoms with E-state index in [1.165, 1.54) is 6.26 Å². The number of sulfone groups is 1. The number of hydrogen-bond acceptors (Lipinski definition) is 3. The van der Waals surface area contributed by atoms with E-state index in [9.17, 15) is 8.42 Å². The van der Waals surface area contributed by atoms with E-state index in [-0.39, 0.29) is 4.90 Å². The molecular formula is C11H14ClNO2S. The van der Waals surface area contributed by atoms with Crippen molar-refractivity contribution in [2.45, 2.75) is 17.2 Å². The van der Waals surface area contributed by atoms with Gasteiger partial charge in [0.25, 0.3) is 0 Å². The maximum Gasteiger partial charge on any atom is 0.176 e. The van der Waals surface area contributed by atoms with Crippen LogP contribution in [0, 0.1) is 0 Å². The zero-order valence-corrected chi connectivity index (χ0v) is 10.6. The van der Waals surface area contributed by atoms with Gasteiger partial charge >= 0.3 is 0 Å². The molecule has 0 aliphatic carbocycles. The van der Waals surface area contributed by atoms with Crippen molar-refractivity contribution in [3.8, 4) is 0 Å². The van der Waals surface area contributed by atoms with Gasteiger partial charge in [0.05, 0.1) is 9.92 Å². The van der Waals surface area contributed by atoms with Gasteiger partial charge in [-0.3, -0.25) is 0 Å². The normalized spacial score (nSPS) is 21.2. The maximum atomic E-state index is 11.4. The first kappa shape index (κ1) is 11.9. The van der Waals surface area contributed by atoms with Crippen LogP contribution < -0.4 is 5.32 Å². The monoisotopic (exact) mass is 259 g/mol. The molecule has 0 spiro atoms. The Kier molecular flexibility index (Phi) is 3.24. The molecule has 1 aliphatic heterocycles. The lowest BCUT2D eigenvalue weighted by Gasteiger charge is -2.10. The highest BCUT2D eigenvalue weighted by Crippen LogP contribution is 2.28. The Morgan fingerprint density at radius 3 is 2.69 bits per heavy atom. The lowest BCUT2D eigenvalue weighted by molar-refractivity contribution is 0.602.